The van der Waals surface area contributed by atoms with Gasteiger partial charge in [-0.3, -0.25) is 0 Å². The SMILES string of the molecule is Cc1ccc([C@H](N)CF)c(C)c1.Cl. The molecule has 1 nitrogen and oxygen atoms in total. The lowest BCUT2D eigenvalue weighted by Gasteiger charge is -2.11. The predicted octanol–water partition coefficient (Wildman–Crippen LogP) is 2.69. The van der Waals surface area contributed by atoms with Crippen LogP contribution >= 0.6 is 12.4 Å². The van der Waals surface area contributed by atoms with Gasteiger partial charge in [0.2, 0.25) is 0 Å². The standard InChI is InChI=1S/C10H14FN.ClH/c1-7-3-4-9(8(2)5-7)10(12)6-11;/h3-5,10H,6,12H2,1-2H3;1H/t10-;/m1./s1. The highest BCUT2D eigenvalue weighted by Crippen LogP contribution is 2.17. The fourth-order valence-electron chi connectivity index (χ4n) is 1.32. The third-order valence-corrected chi connectivity index (χ3v) is 1.99. The molecule has 74 valence electrons. The maximum absolute atomic E-state index is 12.2. The van der Waals surface area contributed by atoms with Crippen LogP contribution in [-0.4, -0.2) is 6.67 Å². The van der Waals surface area contributed by atoms with Gasteiger partial charge in [0, 0.05) is 0 Å². The molecule has 0 fully saturated rings. The average molecular weight is 204 g/mol. The minimum Gasteiger partial charge on any atom is -0.322 e. The van der Waals surface area contributed by atoms with Gasteiger partial charge in [-0.15, -0.1) is 12.4 Å². The first kappa shape index (κ1) is 12.4. The van der Waals surface area contributed by atoms with Crippen molar-refractivity contribution in [3.8, 4) is 0 Å². The molecule has 0 bridgehead atoms. The van der Waals surface area contributed by atoms with E-state index in [4.69, 9.17) is 5.73 Å². The Morgan fingerprint density at radius 1 is 1.38 bits per heavy atom. The van der Waals surface area contributed by atoms with E-state index < -0.39 is 12.7 Å². The van der Waals surface area contributed by atoms with Crippen molar-refractivity contribution in [3.05, 3.63) is 34.9 Å². The number of aryl methyl sites for hydroxylation is 2. The van der Waals surface area contributed by atoms with E-state index >= 15 is 0 Å². The largest absolute Gasteiger partial charge is 0.322 e. The number of alkyl halides is 1. The molecule has 0 unspecified atom stereocenters. The van der Waals surface area contributed by atoms with Crippen LogP contribution in [0, 0.1) is 13.8 Å². The number of halogens is 2. The molecule has 1 aromatic carbocycles. The lowest BCUT2D eigenvalue weighted by Crippen LogP contribution is -2.13. The summed E-state index contributed by atoms with van der Waals surface area (Å²) in [5.41, 5.74) is 8.73. The van der Waals surface area contributed by atoms with Crippen LogP contribution in [0.5, 0.6) is 0 Å². The van der Waals surface area contributed by atoms with Crippen LogP contribution in [0.2, 0.25) is 0 Å². The van der Waals surface area contributed by atoms with E-state index in [1.165, 1.54) is 5.56 Å². The summed E-state index contributed by atoms with van der Waals surface area (Å²) in [4.78, 5) is 0. The summed E-state index contributed by atoms with van der Waals surface area (Å²) < 4.78 is 12.2. The van der Waals surface area contributed by atoms with Gasteiger partial charge in [-0.05, 0) is 25.0 Å². The molecule has 0 saturated heterocycles. The monoisotopic (exact) mass is 203 g/mol. The number of hydrogen-bond acceptors (Lipinski definition) is 1. The van der Waals surface area contributed by atoms with Crippen LogP contribution in [0.4, 0.5) is 4.39 Å². The number of rotatable bonds is 2. The van der Waals surface area contributed by atoms with Gasteiger partial charge in [0.15, 0.2) is 0 Å². The Kier molecular flexibility index (Phi) is 4.96. The van der Waals surface area contributed by atoms with Gasteiger partial charge in [0.05, 0.1) is 6.04 Å². The zero-order valence-electron chi connectivity index (χ0n) is 7.88. The first-order valence-electron chi connectivity index (χ1n) is 4.04. The maximum Gasteiger partial charge on any atom is 0.109 e. The summed E-state index contributed by atoms with van der Waals surface area (Å²) >= 11 is 0. The van der Waals surface area contributed by atoms with Gasteiger partial charge in [-0.25, -0.2) is 4.39 Å². The molecule has 0 aliphatic carbocycles. The molecule has 0 saturated carbocycles. The zero-order chi connectivity index (χ0) is 9.14. The van der Waals surface area contributed by atoms with Gasteiger partial charge >= 0.3 is 0 Å². The lowest BCUT2D eigenvalue weighted by molar-refractivity contribution is 0.436. The topological polar surface area (TPSA) is 26.0 Å². The minimum absolute atomic E-state index is 0. The number of nitrogens with two attached hydrogens (primary N) is 1. The molecule has 0 spiro atoms. The second kappa shape index (κ2) is 5.20. The normalized spacial score (nSPS) is 12.0. The van der Waals surface area contributed by atoms with E-state index in [0.29, 0.717) is 0 Å². The van der Waals surface area contributed by atoms with Crippen molar-refractivity contribution in [3.63, 3.8) is 0 Å². The molecular weight excluding hydrogens is 189 g/mol. The second-order valence-corrected chi connectivity index (χ2v) is 3.12. The van der Waals surface area contributed by atoms with Crippen molar-refractivity contribution >= 4 is 12.4 Å². The van der Waals surface area contributed by atoms with Crippen molar-refractivity contribution < 1.29 is 4.39 Å². The molecule has 1 rings (SSSR count). The Morgan fingerprint density at radius 2 is 2.00 bits per heavy atom. The summed E-state index contributed by atoms with van der Waals surface area (Å²) in [6, 6.07) is 5.41. The van der Waals surface area contributed by atoms with Crippen LogP contribution in [0.3, 0.4) is 0 Å². The van der Waals surface area contributed by atoms with Crippen LogP contribution in [0.25, 0.3) is 0 Å². The minimum atomic E-state index is -0.496. The maximum atomic E-state index is 12.2. The highest BCUT2D eigenvalue weighted by Gasteiger charge is 2.07. The first-order valence-corrected chi connectivity index (χ1v) is 4.04. The molecule has 0 aromatic heterocycles. The Labute approximate surface area is 84.5 Å². The van der Waals surface area contributed by atoms with Crippen molar-refractivity contribution in [2.45, 2.75) is 19.9 Å². The highest BCUT2D eigenvalue weighted by atomic mass is 35.5. The zero-order valence-corrected chi connectivity index (χ0v) is 8.70. The van der Waals surface area contributed by atoms with E-state index in [9.17, 15) is 4.39 Å². The van der Waals surface area contributed by atoms with Gasteiger partial charge in [-0.2, -0.15) is 0 Å². The van der Waals surface area contributed by atoms with E-state index in [1.807, 2.05) is 32.0 Å². The fraction of sp³-hybridized carbons (Fsp3) is 0.400. The smallest absolute Gasteiger partial charge is 0.109 e. The molecule has 0 aliphatic rings. The third-order valence-electron chi connectivity index (χ3n) is 1.99. The molecular formula is C10H15ClFN. The molecule has 2 N–H and O–H groups in total. The van der Waals surface area contributed by atoms with Gasteiger partial charge in [0.25, 0.3) is 0 Å². The van der Waals surface area contributed by atoms with Gasteiger partial charge < -0.3 is 5.73 Å². The van der Waals surface area contributed by atoms with Crippen LogP contribution in [-0.2, 0) is 0 Å². The molecule has 13 heavy (non-hydrogen) atoms. The molecule has 1 aromatic rings. The summed E-state index contributed by atoms with van der Waals surface area (Å²) in [7, 11) is 0. The third kappa shape index (κ3) is 2.98. The lowest BCUT2D eigenvalue weighted by atomic mass is 10.0. The van der Waals surface area contributed by atoms with Crippen molar-refractivity contribution in [1.82, 2.24) is 0 Å². The predicted molar refractivity (Wildman–Crippen MR) is 56.1 cm³/mol. The summed E-state index contributed by atoms with van der Waals surface area (Å²) in [5, 5.41) is 0. The average Bonchev–Trinajstić information content (AvgIpc) is 2.03. The molecule has 0 amide bonds. The van der Waals surface area contributed by atoms with E-state index in [1.54, 1.807) is 0 Å². The fourth-order valence-corrected chi connectivity index (χ4v) is 1.32. The second-order valence-electron chi connectivity index (χ2n) is 3.12. The molecule has 0 radical (unpaired) electrons. The Morgan fingerprint density at radius 3 is 2.46 bits per heavy atom. The van der Waals surface area contributed by atoms with E-state index in [-0.39, 0.29) is 12.4 Å². The molecule has 1 atom stereocenters. The summed E-state index contributed by atoms with van der Waals surface area (Å²) in [6.07, 6.45) is 0. The van der Waals surface area contributed by atoms with Gasteiger partial charge in [-0.1, -0.05) is 23.8 Å². The van der Waals surface area contributed by atoms with E-state index in [0.717, 1.165) is 11.1 Å². The molecule has 3 heteroatoms. The first-order chi connectivity index (χ1) is 5.65. The Balaban J connectivity index is 0.00000144. The summed E-state index contributed by atoms with van der Waals surface area (Å²) in [6.45, 7) is 3.47. The summed E-state index contributed by atoms with van der Waals surface area (Å²) in [5.74, 6) is 0. The highest BCUT2D eigenvalue weighted by molar-refractivity contribution is 5.85. The van der Waals surface area contributed by atoms with Crippen molar-refractivity contribution in [1.29, 1.82) is 0 Å². The quantitative estimate of drug-likeness (QED) is 0.786. The van der Waals surface area contributed by atoms with Crippen molar-refractivity contribution in [2.24, 2.45) is 5.73 Å². The van der Waals surface area contributed by atoms with Crippen LogP contribution in [0.15, 0.2) is 18.2 Å². The Bertz CT molecular complexity index is 276. The van der Waals surface area contributed by atoms with E-state index in [2.05, 4.69) is 0 Å². The number of hydrogen-bond donors (Lipinski definition) is 1. The Hall–Kier alpha value is -0.600. The van der Waals surface area contributed by atoms with Crippen LogP contribution < -0.4 is 5.73 Å². The van der Waals surface area contributed by atoms with Crippen molar-refractivity contribution in [2.75, 3.05) is 6.67 Å². The van der Waals surface area contributed by atoms with Crippen LogP contribution in [0.1, 0.15) is 22.7 Å². The molecule has 0 aliphatic heterocycles. The molecule has 0 heterocycles. The van der Waals surface area contributed by atoms with Gasteiger partial charge in [0.1, 0.15) is 6.67 Å². The number of benzene rings is 1.